The second-order valence-electron chi connectivity index (χ2n) is 6.11. The number of benzene rings is 1. The third kappa shape index (κ3) is 2.93. The lowest BCUT2D eigenvalue weighted by Gasteiger charge is -2.28. The summed E-state index contributed by atoms with van der Waals surface area (Å²) < 4.78 is 28.4. The fourth-order valence-electron chi connectivity index (χ4n) is 3.12. The van der Waals surface area contributed by atoms with E-state index in [1.54, 1.807) is 19.9 Å². The molecule has 0 atom stereocenters. The Morgan fingerprint density at radius 1 is 1.24 bits per heavy atom. The van der Waals surface area contributed by atoms with Crippen LogP contribution in [0.2, 0.25) is 0 Å². The van der Waals surface area contributed by atoms with Crippen molar-refractivity contribution >= 4 is 15.7 Å². The summed E-state index contributed by atoms with van der Waals surface area (Å²) in [5.74, 6) is 0. The van der Waals surface area contributed by atoms with Gasteiger partial charge in [-0.05, 0) is 56.4 Å². The predicted molar refractivity (Wildman–Crippen MR) is 83.7 cm³/mol. The number of rotatable bonds is 4. The van der Waals surface area contributed by atoms with Crippen molar-refractivity contribution in [2.24, 2.45) is 0 Å². The van der Waals surface area contributed by atoms with Crippen LogP contribution in [0.1, 0.15) is 42.4 Å². The van der Waals surface area contributed by atoms with E-state index in [1.807, 2.05) is 6.92 Å². The summed E-state index contributed by atoms with van der Waals surface area (Å²) in [4.78, 5) is 0.250. The summed E-state index contributed by atoms with van der Waals surface area (Å²) in [6.45, 7) is 5.18. The van der Waals surface area contributed by atoms with E-state index in [4.69, 9.17) is 5.73 Å². The molecule has 21 heavy (non-hydrogen) atoms. The molecule has 1 saturated carbocycles. The maximum absolute atomic E-state index is 12.8. The zero-order valence-electron chi connectivity index (χ0n) is 12.9. The Morgan fingerprint density at radius 2 is 1.81 bits per heavy atom. The van der Waals surface area contributed by atoms with Gasteiger partial charge in [0.25, 0.3) is 0 Å². The quantitative estimate of drug-likeness (QED) is 0.739. The van der Waals surface area contributed by atoms with Crippen LogP contribution < -0.4 is 10.5 Å². The van der Waals surface area contributed by atoms with Gasteiger partial charge in [0.05, 0.1) is 17.0 Å². The third-order valence-corrected chi connectivity index (χ3v) is 6.41. The summed E-state index contributed by atoms with van der Waals surface area (Å²) in [6.07, 6.45) is 3.19. The molecule has 1 aromatic carbocycles. The average molecular weight is 312 g/mol. The van der Waals surface area contributed by atoms with Gasteiger partial charge in [0.2, 0.25) is 10.0 Å². The molecule has 0 aliphatic heterocycles. The van der Waals surface area contributed by atoms with Crippen molar-refractivity contribution in [3.8, 4) is 0 Å². The first-order valence-corrected chi connectivity index (χ1v) is 8.72. The number of nitrogen functional groups attached to an aromatic ring is 1. The molecule has 0 saturated heterocycles. The lowest BCUT2D eigenvalue weighted by molar-refractivity contribution is 0.185. The normalized spacial score (nSPS) is 18.1. The van der Waals surface area contributed by atoms with Crippen LogP contribution in [0, 0.1) is 20.8 Å². The van der Waals surface area contributed by atoms with Gasteiger partial charge in [-0.3, -0.25) is 0 Å². The number of nitrogens with one attached hydrogen (secondary N) is 1. The fraction of sp³-hybridized carbons (Fsp3) is 0.600. The molecule has 6 heteroatoms. The number of anilines is 1. The second-order valence-corrected chi connectivity index (χ2v) is 7.73. The number of nitrogens with two attached hydrogens (primary N) is 1. The van der Waals surface area contributed by atoms with Gasteiger partial charge in [-0.2, -0.15) is 0 Å². The van der Waals surface area contributed by atoms with Crippen LogP contribution in [0.4, 0.5) is 5.69 Å². The van der Waals surface area contributed by atoms with Crippen molar-refractivity contribution in [2.45, 2.75) is 56.9 Å². The molecule has 1 aromatic rings. The van der Waals surface area contributed by atoms with Gasteiger partial charge in [0, 0.05) is 5.69 Å². The van der Waals surface area contributed by atoms with Crippen LogP contribution in [0.15, 0.2) is 11.0 Å². The van der Waals surface area contributed by atoms with Crippen molar-refractivity contribution in [3.05, 3.63) is 22.8 Å². The molecule has 0 amide bonds. The van der Waals surface area contributed by atoms with Crippen LogP contribution in [-0.4, -0.2) is 25.7 Å². The summed E-state index contributed by atoms with van der Waals surface area (Å²) in [7, 11) is -3.71. The van der Waals surface area contributed by atoms with Gasteiger partial charge < -0.3 is 10.8 Å². The van der Waals surface area contributed by atoms with E-state index < -0.39 is 15.6 Å². The molecule has 1 aliphatic rings. The van der Waals surface area contributed by atoms with Crippen molar-refractivity contribution < 1.29 is 13.5 Å². The Hall–Kier alpha value is -1.11. The van der Waals surface area contributed by atoms with Gasteiger partial charge in [0.1, 0.15) is 0 Å². The van der Waals surface area contributed by atoms with E-state index in [0.29, 0.717) is 29.7 Å². The Labute approximate surface area is 126 Å². The van der Waals surface area contributed by atoms with Crippen LogP contribution in [0.25, 0.3) is 0 Å². The second kappa shape index (κ2) is 5.59. The molecule has 4 N–H and O–H groups in total. The highest BCUT2D eigenvalue weighted by molar-refractivity contribution is 7.89. The zero-order valence-corrected chi connectivity index (χ0v) is 13.7. The van der Waals surface area contributed by atoms with Crippen molar-refractivity contribution in [2.75, 3.05) is 12.3 Å². The lowest BCUT2D eigenvalue weighted by Crippen LogP contribution is -2.49. The van der Waals surface area contributed by atoms with Crippen LogP contribution in [0.5, 0.6) is 0 Å². The standard InChI is InChI=1S/C15H24N2O3S/c1-10-8-13(16)12(3)14(11(10)2)21(19,20)17-15(9-18)6-4-5-7-15/h8,17-18H,4-7,9,16H2,1-3H3. The smallest absolute Gasteiger partial charge is 0.241 e. The molecule has 0 aromatic heterocycles. The van der Waals surface area contributed by atoms with Crippen LogP contribution in [0.3, 0.4) is 0 Å². The first-order valence-electron chi connectivity index (χ1n) is 7.23. The molecule has 0 radical (unpaired) electrons. The predicted octanol–water partition coefficient (Wildman–Crippen LogP) is 1.78. The Kier molecular flexibility index (Phi) is 4.33. The summed E-state index contributed by atoms with van der Waals surface area (Å²) in [5, 5.41) is 9.62. The Balaban J connectivity index is 2.50. The zero-order chi connectivity index (χ0) is 15.8. The average Bonchev–Trinajstić information content (AvgIpc) is 2.85. The molecule has 1 fully saturated rings. The van der Waals surface area contributed by atoms with Gasteiger partial charge in [-0.15, -0.1) is 0 Å². The highest BCUT2D eigenvalue weighted by Crippen LogP contribution is 2.33. The minimum atomic E-state index is -3.71. The number of sulfonamides is 1. The number of hydrogen-bond acceptors (Lipinski definition) is 4. The lowest BCUT2D eigenvalue weighted by atomic mass is 10.0. The van der Waals surface area contributed by atoms with Gasteiger partial charge in [0.15, 0.2) is 0 Å². The van der Waals surface area contributed by atoms with E-state index in [1.165, 1.54) is 0 Å². The van der Waals surface area contributed by atoms with Crippen LogP contribution >= 0.6 is 0 Å². The third-order valence-electron chi connectivity index (χ3n) is 4.56. The SMILES string of the molecule is Cc1cc(N)c(C)c(S(=O)(=O)NC2(CO)CCCC2)c1C. The maximum atomic E-state index is 12.8. The largest absolute Gasteiger partial charge is 0.398 e. The van der Waals surface area contributed by atoms with Gasteiger partial charge >= 0.3 is 0 Å². The van der Waals surface area contributed by atoms with Crippen molar-refractivity contribution in [3.63, 3.8) is 0 Å². The van der Waals surface area contributed by atoms with E-state index in [9.17, 15) is 13.5 Å². The molecule has 1 aliphatic carbocycles. The Bertz CT molecular complexity index is 621. The molecule has 118 valence electrons. The highest BCUT2D eigenvalue weighted by atomic mass is 32.2. The number of hydrogen-bond donors (Lipinski definition) is 3. The molecule has 0 heterocycles. The molecular weight excluding hydrogens is 288 g/mol. The molecular formula is C15H24N2O3S. The molecule has 2 rings (SSSR count). The fourth-order valence-corrected chi connectivity index (χ4v) is 5.15. The van der Waals surface area contributed by atoms with Gasteiger partial charge in [-0.1, -0.05) is 12.8 Å². The summed E-state index contributed by atoms with van der Waals surface area (Å²) >= 11 is 0. The number of aryl methyl sites for hydroxylation is 1. The van der Waals surface area contributed by atoms with Gasteiger partial charge in [-0.25, -0.2) is 13.1 Å². The summed E-state index contributed by atoms with van der Waals surface area (Å²) in [6, 6.07) is 1.79. The molecule has 0 unspecified atom stereocenters. The molecule has 5 nitrogen and oxygen atoms in total. The Morgan fingerprint density at radius 3 is 2.33 bits per heavy atom. The van der Waals surface area contributed by atoms with E-state index in [0.717, 1.165) is 18.4 Å². The molecule has 0 bridgehead atoms. The minimum absolute atomic E-state index is 0.175. The number of aliphatic hydroxyl groups excluding tert-OH is 1. The minimum Gasteiger partial charge on any atom is -0.398 e. The number of aliphatic hydroxyl groups is 1. The van der Waals surface area contributed by atoms with Crippen molar-refractivity contribution in [1.29, 1.82) is 0 Å². The van der Waals surface area contributed by atoms with E-state index in [-0.39, 0.29) is 11.5 Å². The summed E-state index contributed by atoms with van der Waals surface area (Å²) in [5.41, 5.74) is 7.79. The monoisotopic (exact) mass is 312 g/mol. The topological polar surface area (TPSA) is 92.4 Å². The first-order chi connectivity index (χ1) is 9.72. The van der Waals surface area contributed by atoms with E-state index >= 15 is 0 Å². The maximum Gasteiger partial charge on any atom is 0.241 e. The first kappa shape index (κ1) is 16.3. The van der Waals surface area contributed by atoms with Crippen molar-refractivity contribution in [1.82, 2.24) is 4.72 Å². The highest BCUT2D eigenvalue weighted by Gasteiger charge is 2.38. The van der Waals surface area contributed by atoms with Crippen LogP contribution in [-0.2, 0) is 10.0 Å². The van der Waals surface area contributed by atoms with E-state index in [2.05, 4.69) is 4.72 Å². The molecule has 0 spiro atoms.